The lowest BCUT2D eigenvalue weighted by molar-refractivity contribution is 0.0711. The number of anilines is 1. The fraction of sp³-hybridized carbons (Fsp3) is 0.421. The van der Waals surface area contributed by atoms with Gasteiger partial charge in [-0.05, 0) is 37.0 Å². The van der Waals surface area contributed by atoms with Crippen molar-refractivity contribution < 1.29 is 9.32 Å². The number of nitrogens with two attached hydrogens (primary N) is 1. The molecular weight excluding hydrogens is 330 g/mol. The van der Waals surface area contributed by atoms with Crippen molar-refractivity contribution in [2.24, 2.45) is 0 Å². The van der Waals surface area contributed by atoms with E-state index in [1.807, 2.05) is 23.1 Å². The Morgan fingerprint density at radius 1 is 1.35 bits per heavy atom. The zero-order valence-corrected chi connectivity index (χ0v) is 15.0. The van der Waals surface area contributed by atoms with Crippen LogP contribution in [0.3, 0.4) is 0 Å². The van der Waals surface area contributed by atoms with Crippen LogP contribution in [-0.2, 0) is 0 Å². The largest absolute Gasteiger partial charge is 0.367 e. The maximum absolute atomic E-state index is 12.8. The van der Waals surface area contributed by atoms with Gasteiger partial charge in [-0.3, -0.25) is 4.79 Å². The average molecular weight is 353 g/mol. The second-order valence-corrected chi connectivity index (χ2v) is 7.20. The molecule has 1 aromatic carbocycles. The summed E-state index contributed by atoms with van der Waals surface area (Å²) in [6, 6.07) is 5.58. The number of carbonyl (C=O) groups is 1. The Morgan fingerprint density at radius 2 is 2.12 bits per heavy atom. The second-order valence-electron chi connectivity index (χ2n) is 7.20. The van der Waals surface area contributed by atoms with E-state index >= 15 is 0 Å². The molecule has 3 heterocycles. The number of fused-ring (bicyclic) bond motifs is 1. The highest BCUT2D eigenvalue weighted by atomic mass is 16.5. The molecule has 26 heavy (non-hydrogen) atoms. The first-order valence-electron chi connectivity index (χ1n) is 9.02. The van der Waals surface area contributed by atoms with E-state index < -0.39 is 0 Å². The molecule has 0 saturated carbocycles. The summed E-state index contributed by atoms with van der Waals surface area (Å²) in [7, 11) is 0. The quantitative estimate of drug-likeness (QED) is 0.752. The van der Waals surface area contributed by atoms with E-state index in [4.69, 9.17) is 10.3 Å². The zero-order chi connectivity index (χ0) is 18.3. The first-order chi connectivity index (χ1) is 12.5. The van der Waals surface area contributed by atoms with E-state index in [-0.39, 0.29) is 17.7 Å². The average Bonchev–Trinajstić information content (AvgIpc) is 3.26. The SMILES string of the molecule is CC(C)c1c(C2CCN(C(=O)c3ccc4nc[nH]c4c3)CC2)noc1N. The minimum absolute atomic E-state index is 0.0590. The Balaban J connectivity index is 1.47. The molecule has 1 amide bonds. The van der Waals surface area contributed by atoms with Crippen molar-refractivity contribution in [2.45, 2.75) is 38.5 Å². The number of hydrogen-bond donors (Lipinski definition) is 2. The van der Waals surface area contributed by atoms with Crippen LogP contribution in [0.25, 0.3) is 11.0 Å². The van der Waals surface area contributed by atoms with Crippen LogP contribution in [0, 0.1) is 0 Å². The van der Waals surface area contributed by atoms with Crippen molar-refractivity contribution >= 4 is 22.8 Å². The van der Waals surface area contributed by atoms with Crippen LogP contribution in [0.1, 0.15) is 60.1 Å². The van der Waals surface area contributed by atoms with Crippen LogP contribution in [0.4, 0.5) is 5.88 Å². The van der Waals surface area contributed by atoms with Gasteiger partial charge in [-0.1, -0.05) is 19.0 Å². The topological polar surface area (TPSA) is 101 Å². The van der Waals surface area contributed by atoms with E-state index in [9.17, 15) is 4.79 Å². The molecule has 4 rings (SSSR count). The smallest absolute Gasteiger partial charge is 0.253 e. The molecule has 7 heteroatoms. The Labute approximate surface area is 151 Å². The molecule has 7 nitrogen and oxygen atoms in total. The first-order valence-corrected chi connectivity index (χ1v) is 9.02. The summed E-state index contributed by atoms with van der Waals surface area (Å²) in [5.41, 5.74) is 10.3. The molecule has 0 radical (unpaired) electrons. The van der Waals surface area contributed by atoms with Crippen molar-refractivity contribution in [3.05, 3.63) is 41.3 Å². The lowest BCUT2D eigenvalue weighted by atomic mass is 9.88. The number of aromatic amines is 1. The summed E-state index contributed by atoms with van der Waals surface area (Å²) >= 11 is 0. The van der Waals surface area contributed by atoms with Gasteiger partial charge in [-0.2, -0.15) is 0 Å². The van der Waals surface area contributed by atoms with E-state index in [0.717, 1.165) is 35.1 Å². The number of hydrogen-bond acceptors (Lipinski definition) is 5. The number of nitrogens with zero attached hydrogens (tertiary/aromatic N) is 3. The molecule has 1 aliphatic heterocycles. The highest BCUT2D eigenvalue weighted by molar-refractivity contribution is 5.97. The third-order valence-electron chi connectivity index (χ3n) is 5.20. The zero-order valence-electron chi connectivity index (χ0n) is 15.0. The van der Waals surface area contributed by atoms with Gasteiger partial charge >= 0.3 is 0 Å². The fourth-order valence-corrected chi connectivity index (χ4v) is 3.80. The summed E-state index contributed by atoms with van der Waals surface area (Å²) in [4.78, 5) is 22.0. The van der Waals surface area contributed by atoms with Crippen LogP contribution < -0.4 is 5.73 Å². The van der Waals surface area contributed by atoms with Crippen LogP contribution in [-0.4, -0.2) is 39.0 Å². The van der Waals surface area contributed by atoms with Crippen LogP contribution >= 0.6 is 0 Å². The number of benzene rings is 1. The number of imidazole rings is 1. The number of nitrogens with one attached hydrogen (secondary N) is 1. The molecule has 0 aliphatic carbocycles. The van der Waals surface area contributed by atoms with Gasteiger partial charge in [0, 0.05) is 30.1 Å². The van der Waals surface area contributed by atoms with Gasteiger partial charge in [0.2, 0.25) is 5.88 Å². The molecule has 0 bridgehead atoms. The van der Waals surface area contributed by atoms with Gasteiger partial charge < -0.3 is 20.1 Å². The normalized spacial score (nSPS) is 15.9. The molecule has 0 atom stereocenters. The van der Waals surface area contributed by atoms with E-state index in [2.05, 4.69) is 29.0 Å². The van der Waals surface area contributed by atoms with Gasteiger partial charge in [-0.15, -0.1) is 0 Å². The molecule has 3 N–H and O–H groups in total. The fourth-order valence-electron chi connectivity index (χ4n) is 3.80. The van der Waals surface area contributed by atoms with Gasteiger partial charge in [0.15, 0.2) is 0 Å². The molecule has 0 unspecified atom stereocenters. The van der Waals surface area contributed by atoms with Gasteiger partial charge in [0.05, 0.1) is 23.1 Å². The van der Waals surface area contributed by atoms with Gasteiger partial charge in [0.1, 0.15) is 0 Å². The van der Waals surface area contributed by atoms with Crippen molar-refractivity contribution in [3.63, 3.8) is 0 Å². The predicted octanol–water partition coefficient (Wildman–Crippen LogP) is 3.28. The highest BCUT2D eigenvalue weighted by Crippen LogP contribution is 2.36. The second kappa shape index (κ2) is 6.48. The minimum atomic E-state index is 0.0590. The van der Waals surface area contributed by atoms with Crippen LogP contribution in [0.15, 0.2) is 29.0 Å². The number of aromatic nitrogens is 3. The molecule has 1 fully saturated rings. The maximum atomic E-state index is 12.8. The minimum Gasteiger partial charge on any atom is -0.367 e. The monoisotopic (exact) mass is 353 g/mol. The molecule has 1 saturated heterocycles. The Bertz CT molecular complexity index is 934. The molecular formula is C19H23N5O2. The summed E-state index contributed by atoms with van der Waals surface area (Å²) in [5.74, 6) is 1.04. The lowest BCUT2D eigenvalue weighted by Gasteiger charge is -2.31. The van der Waals surface area contributed by atoms with Crippen molar-refractivity contribution in [1.82, 2.24) is 20.0 Å². The number of amides is 1. The first kappa shape index (κ1) is 16.6. The summed E-state index contributed by atoms with van der Waals surface area (Å²) in [6.07, 6.45) is 3.37. The number of nitrogen functional groups attached to an aromatic ring is 1. The van der Waals surface area contributed by atoms with Gasteiger partial charge in [-0.25, -0.2) is 4.98 Å². The molecule has 2 aromatic heterocycles. The number of H-pyrrole nitrogens is 1. The Morgan fingerprint density at radius 3 is 2.85 bits per heavy atom. The van der Waals surface area contributed by atoms with Gasteiger partial charge in [0.25, 0.3) is 5.91 Å². The lowest BCUT2D eigenvalue weighted by Crippen LogP contribution is -2.38. The predicted molar refractivity (Wildman–Crippen MR) is 99.0 cm³/mol. The Hall–Kier alpha value is -2.83. The summed E-state index contributed by atoms with van der Waals surface area (Å²) in [6.45, 7) is 5.59. The van der Waals surface area contributed by atoms with Crippen molar-refractivity contribution in [3.8, 4) is 0 Å². The Kier molecular flexibility index (Phi) is 4.14. The summed E-state index contributed by atoms with van der Waals surface area (Å²) < 4.78 is 5.22. The third kappa shape index (κ3) is 2.83. The molecule has 3 aromatic rings. The number of carbonyl (C=O) groups excluding carboxylic acids is 1. The summed E-state index contributed by atoms with van der Waals surface area (Å²) in [5, 5.41) is 4.20. The third-order valence-corrected chi connectivity index (χ3v) is 5.20. The van der Waals surface area contributed by atoms with Crippen molar-refractivity contribution in [2.75, 3.05) is 18.8 Å². The number of likely N-dealkylation sites (tertiary alicyclic amines) is 1. The van der Waals surface area contributed by atoms with E-state index in [1.165, 1.54) is 0 Å². The van der Waals surface area contributed by atoms with E-state index in [0.29, 0.717) is 24.5 Å². The standard InChI is InChI=1S/C19H23N5O2/c1-11(2)16-17(23-26-18(16)20)12-5-7-24(8-6-12)19(25)13-3-4-14-15(9-13)22-10-21-14/h3-4,9-12H,5-8,20H2,1-2H3,(H,21,22). The van der Waals surface area contributed by atoms with Crippen LogP contribution in [0.2, 0.25) is 0 Å². The highest BCUT2D eigenvalue weighted by Gasteiger charge is 2.30. The van der Waals surface area contributed by atoms with E-state index in [1.54, 1.807) is 6.33 Å². The molecule has 0 spiro atoms. The molecule has 1 aliphatic rings. The van der Waals surface area contributed by atoms with Crippen molar-refractivity contribution in [1.29, 1.82) is 0 Å². The number of rotatable bonds is 3. The van der Waals surface area contributed by atoms with Crippen LogP contribution in [0.5, 0.6) is 0 Å². The molecule has 136 valence electrons. The maximum Gasteiger partial charge on any atom is 0.253 e. The number of piperidine rings is 1.